The molecular weight excluding hydrogens is 220 g/mol. The lowest BCUT2D eigenvalue weighted by molar-refractivity contribution is 0.159. The molecule has 2 heteroatoms. The van der Waals surface area contributed by atoms with Gasteiger partial charge in [-0.3, -0.25) is 4.99 Å². The molecule has 0 aliphatic heterocycles. The average molecular weight is 244 g/mol. The average Bonchev–Trinajstić information content (AvgIpc) is 2.47. The Hall–Kier alpha value is -1.10. The number of nitrogens with zero attached hydrogens (tertiary/aromatic N) is 2. The van der Waals surface area contributed by atoms with E-state index in [0.717, 1.165) is 43.4 Å². The normalized spacial score (nSPS) is 40.7. The molecule has 0 heterocycles. The molecule has 0 N–H and O–H groups in total. The van der Waals surface area contributed by atoms with Gasteiger partial charge in [0.25, 0.3) is 0 Å². The molecule has 2 aliphatic carbocycles. The fraction of sp³-hybridized carbons (Fsp3) is 0.750. The number of rotatable bonds is 3. The van der Waals surface area contributed by atoms with E-state index < -0.39 is 5.54 Å². The third-order valence-corrected chi connectivity index (χ3v) is 5.18. The van der Waals surface area contributed by atoms with Gasteiger partial charge in [0.15, 0.2) is 0 Å². The summed E-state index contributed by atoms with van der Waals surface area (Å²) in [5, 5.41) is 9.21. The van der Waals surface area contributed by atoms with Gasteiger partial charge in [-0.1, -0.05) is 6.08 Å². The molecule has 2 aliphatic rings. The van der Waals surface area contributed by atoms with Gasteiger partial charge >= 0.3 is 0 Å². The molecule has 2 fully saturated rings. The first-order valence-electron chi connectivity index (χ1n) is 7.24. The van der Waals surface area contributed by atoms with Crippen LogP contribution < -0.4 is 0 Å². The number of hydrogen-bond acceptors (Lipinski definition) is 2. The number of nitriles is 1. The van der Waals surface area contributed by atoms with Crippen LogP contribution in [0.25, 0.3) is 0 Å². The van der Waals surface area contributed by atoms with Gasteiger partial charge in [-0.05, 0) is 75.8 Å². The second-order valence-corrected chi connectivity index (χ2v) is 6.05. The lowest BCUT2D eigenvalue weighted by atomic mass is 9.68. The van der Waals surface area contributed by atoms with Crippen LogP contribution in [0.5, 0.6) is 0 Å². The van der Waals surface area contributed by atoms with E-state index in [0.29, 0.717) is 0 Å². The minimum Gasteiger partial charge on any atom is -0.279 e. The van der Waals surface area contributed by atoms with Crippen molar-refractivity contribution in [2.75, 3.05) is 0 Å². The molecule has 0 bridgehead atoms. The van der Waals surface area contributed by atoms with Crippen LogP contribution >= 0.6 is 0 Å². The minimum atomic E-state index is -0.463. The number of allylic oxidation sites excluding steroid dienone is 1. The first-order chi connectivity index (χ1) is 8.73. The van der Waals surface area contributed by atoms with Gasteiger partial charge < -0.3 is 0 Å². The van der Waals surface area contributed by atoms with Crippen molar-refractivity contribution in [3.63, 3.8) is 0 Å². The Morgan fingerprint density at radius 1 is 1.06 bits per heavy atom. The third-order valence-electron chi connectivity index (χ3n) is 5.18. The molecule has 18 heavy (non-hydrogen) atoms. The quantitative estimate of drug-likeness (QED) is 0.543. The summed E-state index contributed by atoms with van der Waals surface area (Å²) in [6, 6.07) is 2.36. The largest absolute Gasteiger partial charge is 0.279 e. The Labute approximate surface area is 111 Å². The predicted molar refractivity (Wildman–Crippen MR) is 75.5 cm³/mol. The van der Waals surface area contributed by atoms with Crippen molar-refractivity contribution in [2.45, 2.75) is 56.9 Å². The molecule has 2 rings (SSSR count). The summed E-state index contributed by atoms with van der Waals surface area (Å²) in [7, 11) is 0. The lowest BCUT2D eigenvalue weighted by Gasteiger charge is -2.38. The van der Waals surface area contributed by atoms with Crippen LogP contribution in [0.2, 0.25) is 0 Å². The van der Waals surface area contributed by atoms with E-state index in [1.807, 2.05) is 0 Å². The topological polar surface area (TPSA) is 36.1 Å². The summed E-state index contributed by atoms with van der Waals surface area (Å²) in [5.41, 5.74) is -0.463. The highest BCUT2D eigenvalue weighted by molar-refractivity contribution is 5.29. The molecule has 0 aromatic heterocycles. The zero-order chi connectivity index (χ0) is 13.0. The van der Waals surface area contributed by atoms with Gasteiger partial charge in [0.05, 0.1) is 6.07 Å². The standard InChI is InChI=1S/C16H24N2/c1-3-13-4-6-14(7-5-13)15-8-10-16(12-17,18-2)11-9-15/h3,13-15H,1-2,4-11H2. The molecule has 98 valence electrons. The molecule has 0 aromatic rings. The van der Waals surface area contributed by atoms with Gasteiger partial charge in [0.1, 0.15) is 5.54 Å². The highest BCUT2D eigenvalue weighted by Gasteiger charge is 2.37. The number of hydrogen-bond donors (Lipinski definition) is 0. The van der Waals surface area contributed by atoms with Crippen LogP contribution in [0.3, 0.4) is 0 Å². The zero-order valence-corrected chi connectivity index (χ0v) is 11.3. The van der Waals surface area contributed by atoms with Crippen LogP contribution in [0.15, 0.2) is 17.6 Å². The van der Waals surface area contributed by atoms with Crippen molar-refractivity contribution < 1.29 is 0 Å². The molecule has 0 amide bonds. The van der Waals surface area contributed by atoms with Crippen LogP contribution in [-0.2, 0) is 0 Å². The molecule has 0 unspecified atom stereocenters. The maximum absolute atomic E-state index is 9.21. The predicted octanol–water partition coefficient (Wildman–Crippen LogP) is 4.13. The van der Waals surface area contributed by atoms with E-state index in [2.05, 4.69) is 30.4 Å². The van der Waals surface area contributed by atoms with E-state index in [1.54, 1.807) is 0 Å². The van der Waals surface area contributed by atoms with E-state index in [-0.39, 0.29) is 0 Å². The maximum atomic E-state index is 9.21. The molecule has 0 saturated heterocycles. The van der Waals surface area contributed by atoms with Crippen molar-refractivity contribution in [1.29, 1.82) is 5.26 Å². The van der Waals surface area contributed by atoms with Crippen molar-refractivity contribution in [1.82, 2.24) is 0 Å². The van der Waals surface area contributed by atoms with Crippen molar-refractivity contribution in [2.24, 2.45) is 22.7 Å². The Kier molecular flexibility index (Phi) is 4.22. The fourth-order valence-corrected chi connectivity index (χ4v) is 3.75. The summed E-state index contributed by atoms with van der Waals surface area (Å²) >= 11 is 0. The van der Waals surface area contributed by atoms with Gasteiger partial charge in [0, 0.05) is 0 Å². The zero-order valence-electron chi connectivity index (χ0n) is 11.3. The molecule has 0 radical (unpaired) electrons. The van der Waals surface area contributed by atoms with Crippen molar-refractivity contribution in [3.05, 3.63) is 12.7 Å². The summed E-state index contributed by atoms with van der Waals surface area (Å²) in [5.74, 6) is 2.44. The molecule has 0 aromatic carbocycles. The monoisotopic (exact) mass is 244 g/mol. The molecular formula is C16H24N2. The van der Waals surface area contributed by atoms with Crippen LogP contribution in [0.4, 0.5) is 0 Å². The Morgan fingerprint density at radius 2 is 1.61 bits per heavy atom. The third kappa shape index (κ3) is 2.66. The van der Waals surface area contributed by atoms with E-state index >= 15 is 0 Å². The van der Waals surface area contributed by atoms with Crippen LogP contribution in [0, 0.1) is 29.1 Å². The summed E-state index contributed by atoms with van der Waals surface area (Å²) in [6.07, 6.45) is 11.6. The Balaban J connectivity index is 1.86. The van der Waals surface area contributed by atoms with Crippen molar-refractivity contribution >= 4 is 6.72 Å². The van der Waals surface area contributed by atoms with E-state index in [9.17, 15) is 5.26 Å². The first kappa shape index (κ1) is 13.3. The van der Waals surface area contributed by atoms with Gasteiger partial charge in [-0.15, -0.1) is 6.58 Å². The summed E-state index contributed by atoms with van der Waals surface area (Å²) < 4.78 is 0. The first-order valence-corrected chi connectivity index (χ1v) is 7.24. The fourth-order valence-electron chi connectivity index (χ4n) is 3.75. The molecule has 2 nitrogen and oxygen atoms in total. The summed E-state index contributed by atoms with van der Waals surface area (Å²) in [6.45, 7) is 7.51. The minimum absolute atomic E-state index is 0.463. The maximum Gasteiger partial charge on any atom is 0.146 e. The van der Waals surface area contributed by atoms with Gasteiger partial charge in [-0.25, -0.2) is 0 Å². The highest BCUT2D eigenvalue weighted by Crippen LogP contribution is 2.43. The molecule has 2 saturated carbocycles. The second-order valence-electron chi connectivity index (χ2n) is 6.05. The lowest BCUT2D eigenvalue weighted by Crippen LogP contribution is -2.34. The molecule has 0 spiro atoms. The highest BCUT2D eigenvalue weighted by atomic mass is 14.8. The number of aliphatic imine (C=N–C) groups is 1. The SMILES string of the molecule is C=CC1CCC(C2CCC(C#N)(N=C)CC2)CC1. The molecule has 0 atom stereocenters. The van der Waals surface area contributed by atoms with Gasteiger partial charge in [0.2, 0.25) is 0 Å². The van der Waals surface area contributed by atoms with Crippen LogP contribution in [0.1, 0.15) is 51.4 Å². The second kappa shape index (κ2) is 5.69. The van der Waals surface area contributed by atoms with Crippen molar-refractivity contribution in [3.8, 4) is 6.07 Å². The van der Waals surface area contributed by atoms with E-state index in [1.165, 1.54) is 25.7 Å². The smallest absolute Gasteiger partial charge is 0.146 e. The van der Waals surface area contributed by atoms with E-state index in [4.69, 9.17) is 0 Å². The van der Waals surface area contributed by atoms with Crippen LogP contribution in [-0.4, -0.2) is 12.3 Å². The Morgan fingerprint density at radius 3 is 2.06 bits per heavy atom. The Bertz CT molecular complexity index is 337. The summed E-state index contributed by atoms with van der Waals surface area (Å²) in [4.78, 5) is 4.08. The van der Waals surface area contributed by atoms with Gasteiger partial charge in [-0.2, -0.15) is 5.26 Å².